The zero-order valence-electron chi connectivity index (χ0n) is 15.0. The number of para-hydroxylation sites is 1. The summed E-state index contributed by atoms with van der Waals surface area (Å²) in [5.74, 6) is -1.35. The highest BCUT2D eigenvalue weighted by molar-refractivity contribution is 6.37. The second kappa shape index (κ2) is 7.70. The average Bonchev–Trinajstić information content (AvgIpc) is 2.65. The first kappa shape index (κ1) is 18.1. The Kier molecular flexibility index (Phi) is 5.17. The number of benzene rings is 2. The minimum absolute atomic E-state index is 0.0976. The summed E-state index contributed by atoms with van der Waals surface area (Å²) < 4.78 is 0. The summed E-state index contributed by atoms with van der Waals surface area (Å²) in [7, 11) is 3.92. The van der Waals surface area contributed by atoms with Crippen molar-refractivity contribution in [1.82, 2.24) is 5.32 Å². The van der Waals surface area contributed by atoms with Crippen LogP contribution < -0.4 is 15.1 Å². The largest absolute Gasteiger partial charge is 0.378 e. The maximum atomic E-state index is 12.6. The van der Waals surface area contributed by atoms with Gasteiger partial charge in [0.05, 0.1) is 5.69 Å². The molecule has 1 aliphatic rings. The Balaban J connectivity index is 1.82. The van der Waals surface area contributed by atoms with Crippen molar-refractivity contribution in [3.05, 3.63) is 77.9 Å². The highest BCUT2D eigenvalue weighted by atomic mass is 16.2. The van der Waals surface area contributed by atoms with Crippen LogP contribution >= 0.6 is 0 Å². The van der Waals surface area contributed by atoms with Gasteiger partial charge in [-0.05, 0) is 35.9 Å². The lowest BCUT2D eigenvalue weighted by molar-refractivity contribution is -0.122. The van der Waals surface area contributed by atoms with Crippen molar-refractivity contribution in [2.75, 3.05) is 23.9 Å². The van der Waals surface area contributed by atoms with Gasteiger partial charge in [-0.15, -0.1) is 0 Å². The molecule has 4 amide bonds. The number of allylic oxidation sites excluding steroid dienone is 2. The minimum Gasteiger partial charge on any atom is -0.378 e. The number of hydrogen-bond donors (Lipinski definition) is 1. The number of carbonyl (C=O) groups is 3. The van der Waals surface area contributed by atoms with E-state index >= 15 is 0 Å². The van der Waals surface area contributed by atoms with Crippen LogP contribution in [0.5, 0.6) is 0 Å². The van der Waals surface area contributed by atoms with Crippen LogP contribution in [0.2, 0.25) is 0 Å². The smallest absolute Gasteiger partial charge is 0.335 e. The van der Waals surface area contributed by atoms with Gasteiger partial charge < -0.3 is 4.90 Å². The summed E-state index contributed by atoms with van der Waals surface area (Å²) in [6.07, 6.45) is 4.83. The van der Waals surface area contributed by atoms with Gasteiger partial charge in [0.2, 0.25) is 0 Å². The molecule has 1 aliphatic heterocycles. The van der Waals surface area contributed by atoms with E-state index in [0.29, 0.717) is 5.69 Å². The lowest BCUT2D eigenvalue weighted by atomic mass is 10.1. The third-order valence-corrected chi connectivity index (χ3v) is 4.08. The van der Waals surface area contributed by atoms with E-state index in [0.717, 1.165) is 16.2 Å². The monoisotopic (exact) mass is 361 g/mol. The Hall–Kier alpha value is -3.67. The predicted molar refractivity (Wildman–Crippen MR) is 105 cm³/mol. The second-order valence-electron chi connectivity index (χ2n) is 6.16. The van der Waals surface area contributed by atoms with Gasteiger partial charge in [-0.1, -0.05) is 42.5 Å². The number of nitrogens with one attached hydrogen (secondary N) is 1. The Labute approximate surface area is 157 Å². The molecule has 1 N–H and O–H groups in total. The van der Waals surface area contributed by atoms with Crippen LogP contribution in [0.15, 0.2) is 72.3 Å². The fraction of sp³-hybridized carbons (Fsp3) is 0.0952. The number of imide groups is 2. The van der Waals surface area contributed by atoms with Gasteiger partial charge in [0, 0.05) is 19.8 Å². The summed E-state index contributed by atoms with van der Waals surface area (Å²) in [6.45, 7) is 0. The number of barbiturate groups is 1. The maximum Gasteiger partial charge on any atom is 0.335 e. The molecule has 0 aromatic heterocycles. The number of rotatable bonds is 4. The molecule has 6 nitrogen and oxygen atoms in total. The Morgan fingerprint density at radius 2 is 1.59 bits per heavy atom. The molecule has 2 aromatic rings. The van der Waals surface area contributed by atoms with Gasteiger partial charge >= 0.3 is 6.03 Å². The van der Waals surface area contributed by atoms with E-state index in [9.17, 15) is 14.4 Å². The summed E-state index contributed by atoms with van der Waals surface area (Å²) in [4.78, 5) is 39.7. The van der Waals surface area contributed by atoms with Gasteiger partial charge in [-0.25, -0.2) is 9.69 Å². The van der Waals surface area contributed by atoms with Crippen LogP contribution in [-0.4, -0.2) is 31.9 Å². The summed E-state index contributed by atoms with van der Waals surface area (Å²) >= 11 is 0. The first-order valence-corrected chi connectivity index (χ1v) is 8.38. The van der Waals surface area contributed by atoms with Crippen LogP contribution in [0, 0.1) is 0 Å². The third-order valence-electron chi connectivity index (χ3n) is 4.08. The molecule has 2 aromatic carbocycles. The van der Waals surface area contributed by atoms with E-state index < -0.39 is 17.8 Å². The number of anilines is 2. The summed E-state index contributed by atoms with van der Waals surface area (Å²) in [6, 6.07) is 15.5. The van der Waals surface area contributed by atoms with Gasteiger partial charge in [0.1, 0.15) is 5.57 Å². The molecule has 0 unspecified atom stereocenters. The first-order chi connectivity index (χ1) is 13.0. The maximum absolute atomic E-state index is 12.6. The molecule has 1 saturated heterocycles. The molecule has 3 rings (SSSR count). The molecule has 1 heterocycles. The highest BCUT2D eigenvalue weighted by Gasteiger charge is 2.36. The fourth-order valence-electron chi connectivity index (χ4n) is 2.63. The Bertz CT molecular complexity index is 929. The van der Waals surface area contributed by atoms with Crippen molar-refractivity contribution < 1.29 is 14.4 Å². The van der Waals surface area contributed by atoms with Crippen molar-refractivity contribution >= 4 is 35.3 Å². The van der Waals surface area contributed by atoms with Crippen molar-refractivity contribution in [3.63, 3.8) is 0 Å². The predicted octanol–water partition coefficient (Wildman–Crippen LogP) is 2.98. The van der Waals surface area contributed by atoms with Crippen LogP contribution in [0.3, 0.4) is 0 Å². The number of nitrogens with zero attached hydrogens (tertiary/aromatic N) is 2. The van der Waals surface area contributed by atoms with E-state index in [1.165, 1.54) is 6.08 Å². The molecule has 136 valence electrons. The van der Waals surface area contributed by atoms with Gasteiger partial charge in [-0.2, -0.15) is 0 Å². The van der Waals surface area contributed by atoms with Crippen molar-refractivity contribution in [2.45, 2.75) is 0 Å². The first-order valence-electron chi connectivity index (χ1n) is 8.38. The molecule has 6 heteroatoms. The lowest BCUT2D eigenvalue weighted by Crippen LogP contribution is -2.54. The zero-order valence-corrected chi connectivity index (χ0v) is 15.0. The lowest BCUT2D eigenvalue weighted by Gasteiger charge is -2.26. The molecule has 1 fully saturated rings. The molecule has 0 radical (unpaired) electrons. The Morgan fingerprint density at radius 3 is 2.22 bits per heavy atom. The third kappa shape index (κ3) is 3.95. The minimum atomic E-state index is -0.753. The molecular weight excluding hydrogens is 342 g/mol. The van der Waals surface area contributed by atoms with Crippen LogP contribution in [-0.2, 0) is 9.59 Å². The number of amides is 4. The van der Waals surface area contributed by atoms with Crippen molar-refractivity contribution in [2.24, 2.45) is 0 Å². The molecule has 0 saturated carbocycles. The molecular formula is C21H19N3O3. The summed E-state index contributed by atoms with van der Waals surface area (Å²) in [5, 5.41) is 2.20. The van der Waals surface area contributed by atoms with Crippen molar-refractivity contribution in [3.8, 4) is 0 Å². The number of carbonyl (C=O) groups excluding carboxylic acids is 3. The molecule has 0 atom stereocenters. The fourth-order valence-corrected chi connectivity index (χ4v) is 2.63. The van der Waals surface area contributed by atoms with E-state index in [2.05, 4.69) is 5.32 Å². The molecule has 0 aliphatic carbocycles. The average molecular weight is 361 g/mol. The van der Waals surface area contributed by atoms with E-state index in [1.54, 1.807) is 42.5 Å². The SMILES string of the molecule is CN(C)c1ccc(C=CC=C2C(=O)NC(=O)N(c3ccccc3)C2=O)cc1. The number of hydrogen-bond acceptors (Lipinski definition) is 4. The van der Waals surface area contributed by atoms with E-state index in [1.807, 2.05) is 43.3 Å². The van der Waals surface area contributed by atoms with Crippen LogP contribution in [0.4, 0.5) is 16.2 Å². The van der Waals surface area contributed by atoms with E-state index in [4.69, 9.17) is 0 Å². The normalized spacial score (nSPS) is 16.1. The number of urea groups is 1. The quantitative estimate of drug-likeness (QED) is 0.671. The Morgan fingerprint density at radius 1 is 0.926 bits per heavy atom. The van der Waals surface area contributed by atoms with Crippen LogP contribution in [0.1, 0.15) is 5.56 Å². The van der Waals surface area contributed by atoms with E-state index in [-0.39, 0.29) is 5.57 Å². The topological polar surface area (TPSA) is 69.7 Å². The summed E-state index contributed by atoms with van der Waals surface area (Å²) in [5.41, 5.74) is 2.31. The van der Waals surface area contributed by atoms with Gasteiger partial charge in [0.25, 0.3) is 11.8 Å². The standard InChI is InChI=1S/C21H19N3O3/c1-23(2)16-13-11-15(12-14-16)7-6-10-18-19(25)22-21(27)24(20(18)26)17-8-4-3-5-9-17/h3-14H,1-2H3,(H,22,25,27). The van der Waals surface area contributed by atoms with Gasteiger partial charge in [-0.3, -0.25) is 14.9 Å². The molecule has 0 spiro atoms. The zero-order chi connectivity index (χ0) is 19.4. The van der Waals surface area contributed by atoms with Crippen molar-refractivity contribution in [1.29, 1.82) is 0 Å². The van der Waals surface area contributed by atoms with Crippen LogP contribution in [0.25, 0.3) is 6.08 Å². The second-order valence-corrected chi connectivity index (χ2v) is 6.16. The molecule has 0 bridgehead atoms. The highest BCUT2D eigenvalue weighted by Crippen LogP contribution is 2.20. The van der Waals surface area contributed by atoms with Gasteiger partial charge in [0.15, 0.2) is 0 Å². The molecule has 27 heavy (non-hydrogen) atoms.